The lowest BCUT2D eigenvalue weighted by Gasteiger charge is -2.31. The summed E-state index contributed by atoms with van der Waals surface area (Å²) in [6.45, 7) is 8.10. The van der Waals surface area contributed by atoms with E-state index in [1.165, 1.54) is 0 Å². The predicted octanol–water partition coefficient (Wildman–Crippen LogP) is 5.81. The zero-order valence-electron chi connectivity index (χ0n) is 20.2. The minimum absolute atomic E-state index is 0.0373. The normalized spacial score (nSPS) is 17.3. The summed E-state index contributed by atoms with van der Waals surface area (Å²) < 4.78 is 39.9. The Hall–Kier alpha value is -3.58. The van der Waals surface area contributed by atoms with Crippen LogP contribution in [0.4, 0.5) is 5.69 Å². The molecule has 182 valence electrons. The molecular formula is C28H29NO5S. The van der Waals surface area contributed by atoms with Crippen molar-refractivity contribution < 1.29 is 22.7 Å². The number of nitrogens with one attached hydrogen (secondary N) is 1. The lowest BCUT2D eigenvalue weighted by atomic mass is 9.87. The summed E-state index contributed by atoms with van der Waals surface area (Å²) in [7, 11) is -3.74. The van der Waals surface area contributed by atoms with Crippen LogP contribution in [0.3, 0.4) is 0 Å². The molecule has 1 atom stereocenters. The second-order valence-electron chi connectivity index (χ2n) is 9.82. The van der Waals surface area contributed by atoms with Crippen molar-refractivity contribution in [2.24, 2.45) is 0 Å². The average molecular weight is 492 g/mol. The smallest absolute Gasteiger partial charge is 0.338 e. The molecule has 0 saturated heterocycles. The summed E-state index contributed by atoms with van der Waals surface area (Å²) in [5.41, 5.74) is 1.78. The fourth-order valence-electron chi connectivity index (χ4n) is 3.68. The number of sulfonamides is 1. The topological polar surface area (TPSA) is 81.7 Å². The number of rotatable bonds is 6. The van der Waals surface area contributed by atoms with Crippen LogP contribution >= 0.6 is 0 Å². The Balaban J connectivity index is 1.44. The van der Waals surface area contributed by atoms with Crippen LogP contribution in [-0.2, 0) is 20.2 Å². The summed E-state index contributed by atoms with van der Waals surface area (Å²) in [5.74, 6) is 0.151. The summed E-state index contributed by atoms with van der Waals surface area (Å²) >= 11 is 0. The molecule has 0 bridgehead atoms. The fourth-order valence-corrected chi connectivity index (χ4v) is 4.73. The number of hydrogen-bond donors (Lipinski definition) is 1. The first-order valence-electron chi connectivity index (χ1n) is 11.3. The number of carbonyl (C=O) groups excluding carboxylic acids is 1. The first-order valence-corrected chi connectivity index (χ1v) is 12.8. The van der Waals surface area contributed by atoms with Crippen LogP contribution in [0, 0.1) is 0 Å². The first-order chi connectivity index (χ1) is 16.5. The molecule has 3 aromatic carbocycles. The van der Waals surface area contributed by atoms with Crippen molar-refractivity contribution in [2.75, 3.05) is 11.3 Å². The van der Waals surface area contributed by atoms with Gasteiger partial charge >= 0.3 is 5.97 Å². The Morgan fingerprint density at radius 3 is 2.34 bits per heavy atom. The SMILES string of the molecule is CC1(COC(=O)c2ccccc2)C=Cc2cc(NS(=O)(=O)c3ccc(C(C)(C)C)cc3)ccc2O1. The molecule has 1 unspecified atom stereocenters. The number of esters is 1. The Bertz CT molecular complexity index is 1360. The second kappa shape index (κ2) is 9.23. The van der Waals surface area contributed by atoms with Gasteiger partial charge in [-0.15, -0.1) is 0 Å². The van der Waals surface area contributed by atoms with Crippen molar-refractivity contribution in [1.82, 2.24) is 0 Å². The molecular weight excluding hydrogens is 462 g/mol. The van der Waals surface area contributed by atoms with Crippen LogP contribution in [-0.4, -0.2) is 26.6 Å². The molecule has 1 N–H and O–H groups in total. The molecule has 1 heterocycles. The zero-order valence-corrected chi connectivity index (χ0v) is 21.1. The number of carbonyl (C=O) groups is 1. The highest BCUT2D eigenvalue weighted by Crippen LogP contribution is 2.34. The van der Waals surface area contributed by atoms with Gasteiger partial charge in [-0.25, -0.2) is 13.2 Å². The molecule has 1 aliphatic rings. The van der Waals surface area contributed by atoms with E-state index in [1.807, 2.05) is 31.2 Å². The molecule has 1 aliphatic heterocycles. The minimum Gasteiger partial charge on any atom is -0.479 e. The van der Waals surface area contributed by atoms with Crippen molar-refractivity contribution in [1.29, 1.82) is 0 Å². The van der Waals surface area contributed by atoms with Crippen LogP contribution in [0.1, 0.15) is 49.2 Å². The van der Waals surface area contributed by atoms with E-state index < -0.39 is 21.6 Å². The summed E-state index contributed by atoms with van der Waals surface area (Å²) in [6, 6.07) is 20.7. The molecule has 6 nitrogen and oxygen atoms in total. The summed E-state index contributed by atoms with van der Waals surface area (Å²) in [6.07, 6.45) is 3.64. The molecule has 35 heavy (non-hydrogen) atoms. The van der Waals surface area contributed by atoms with Crippen molar-refractivity contribution in [3.8, 4) is 5.75 Å². The third-order valence-corrected chi connectivity index (χ3v) is 7.15. The monoisotopic (exact) mass is 491 g/mol. The van der Waals surface area contributed by atoms with E-state index >= 15 is 0 Å². The van der Waals surface area contributed by atoms with Gasteiger partial charge in [0.05, 0.1) is 10.5 Å². The Kier molecular flexibility index (Phi) is 6.47. The van der Waals surface area contributed by atoms with Crippen molar-refractivity contribution >= 4 is 27.8 Å². The van der Waals surface area contributed by atoms with Gasteiger partial charge in [0.2, 0.25) is 0 Å². The minimum atomic E-state index is -3.74. The molecule has 0 amide bonds. The van der Waals surface area contributed by atoms with Crippen LogP contribution in [0.25, 0.3) is 6.08 Å². The Morgan fingerprint density at radius 2 is 1.69 bits per heavy atom. The molecule has 3 aromatic rings. The highest BCUT2D eigenvalue weighted by molar-refractivity contribution is 7.92. The summed E-state index contributed by atoms with van der Waals surface area (Å²) in [4.78, 5) is 12.5. The van der Waals surface area contributed by atoms with Gasteiger partial charge < -0.3 is 9.47 Å². The highest BCUT2D eigenvalue weighted by atomic mass is 32.2. The van der Waals surface area contributed by atoms with E-state index in [2.05, 4.69) is 25.5 Å². The van der Waals surface area contributed by atoms with Crippen molar-refractivity contribution in [3.05, 3.63) is 95.6 Å². The largest absolute Gasteiger partial charge is 0.479 e. The van der Waals surface area contributed by atoms with Crippen molar-refractivity contribution in [2.45, 2.75) is 43.6 Å². The van der Waals surface area contributed by atoms with Gasteiger partial charge in [0.25, 0.3) is 10.0 Å². The van der Waals surface area contributed by atoms with Gasteiger partial charge in [-0.2, -0.15) is 0 Å². The molecule has 0 fully saturated rings. The lowest BCUT2D eigenvalue weighted by molar-refractivity contribution is 0.0140. The maximum Gasteiger partial charge on any atom is 0.338 e. The van der Waals surface area contributed by atoms with E-state index in [4.69, 9.17) is 9.47 Å². The lowest BCUT2D eigenvalue weighted by Crippen LogP contribution is -2.38. The van der Waals surface area contributed by atoms with Gasteiger partial charge in [0.15, 0.2) is 5.60 Å². The molecule has 0 aromatic heterocycles. The highest BCUT2D eigenvalue weighted by Gasteiger charge is 2.30. The third kappa shape index (κ3) is 5.74. The third-order valence-electron chi connectivity index (χ3n) is 5.75. The van der Waals surface area contributed by atoms with E-state index in [9.17, 15) is 13.2 Å². The van der Waals surface area contributed by atoms with Crippen LogP contribution < -0.4 is 9.46 Å². The molecule has 0 radical (unpaired) electrons. The molecule has 0 aliphatic carbocycles. The number of anilines is 1. The maximum absolute atomic E-state index is 12.9. The second-order valence-corrected chi connectivity index (χ2v) is 11.5. The van der Waals surface area contributed by atoms with Gasteiger partial charge in [-0.05, 0) is 66.4 Å². The van der Waals surface area contributed by atoms with Gasteiger partial charge in [0, 0.05) is 11.3 Å². The molecule has 0 saturated carbocycles. The summed E-state index contributed by atoms with van der Waals surface area (Å²) in [5, 5.41) is 0. The first kappa shape index (κ1) is 24.5. The van der Waals surface area contributed by atoms with Gasteiger partial charge in [-0.3, -0.25) is 4.72 Å². The zero-order chi connectivity index (χ0) is 25.3. The van der Waals surface area contributed by atoms with E-state index in [1.54, 1.807) is 60.7 Å². The maximum atomic E-state index is 12.9. The predicted molar refractivity (Wildman–Crippen MR) is 137 cm³/mol. The number of hydrogen-bond acceptors (Lipinski definition) is 5. The van der Waals surface area contributed by atoms with Crippen molar-refractivity contribution in [3.63, 3.8) is 0 Å². The molecule has 7 heteroatoms. The number of fused-ring (bicyclic) bond motifs is 1. The van der Waals surface area contributed by atoms with Gasteiger partial charge in [0.1, 0.15) is 12.4 Å². The Labute approximate surface area is 206 Å². The average Bonchev–Trinajstić information content (AvgIpc) is 2.83. The van der Waals surface area contributed by atoms with Crippen LogP contribution in [0.2, 0.25) is 0 Å². The van der Waals surface area contributed by atoms with E-state index in [0.717, 1.165) is 11.1 Å². The fraction of sp³-hybridized carbons (Fsp3) is 0.250. The van der Waals surface area contributed by atoms with Crippen LogP contribution in [0.15, 0.2) is 83.8 Å². The standard InChI is InChI=1S/C28H29NO5S/c1-27(2,3)22-10-13-24(14-11-22)35(31,32)29-23-12-15-25-21(18-23)16-17-28(4,34-25)19-33-26(30)20-8-6-5-7-9-20/h5-18,29H,19H2,1-4H3. The number of benzene rings is 3. The Morgan fingerprint density at radius 1 is 1.00 bits per heavy atom. The van der Waals surface area contributed by atoms with E-state index in [-0.39, 0.29) is 16.9 Å². The van der Waals surface area contributed by atoms with E-state index in [0.29, 0.717) is 17.0 Å². The molecule has 0 spiro atoms. The van der Waals surface area contributed by atoms with Gasteiger partial charge in [-0.1, -0.05) is 57.2 Å². The molecule has 4 rings (SSSR count). The van der Waals surface area contributed by atoms with Crippen LogP contribution in [0.5, 0.6) is 5.75 Å². The quantitative estimate of drug-likeness (QED) is 0.440. The number of ether oxygens (including phenoxy) is 2.